The number of nitrogens with zero attached hydrogens (tertiary/aromatic N) is 3. The molecule has 40 heavy (non-hydrogen) atoms. The predicted octanol–water partition coefficient (Wildman–Crippen LogP) is 5.19. The maximum absolute atomic E-state index is 15.4. The molecule has 1 aromatic heterocycles. The summed E-state index contributed by atoms with van der Waals surface area (Å²) < 4.78 is 49.7. The van der Waals surface area contributed by atoms with Crippen molar-refractivity contribution in [3.05, 3.63) is 58.2 Å². The number of anilines is 2. The molecule has 1 aliphatic carbocycles. The third-order valence-electron chi connectivity index (χ3n) is 8.33. The van der Waals surface area contributed by atoms with Crippen molar-refractivity contribution in [1.82, 2.24) is 9.97 Å². The Morgan fingerprint density at radius 1 is 1.15 bits per heavy atom. The number of nitrogens with one attached hydrogen (secondary N) is 1. The first-order chi connectivity index (χ1) is 18.9. The van der Waals surface area contributed by atoms with Crippen molar-refractivity contribution in [2.75, 3.05) is 37.0 Å². The van der Waals surface area contributed by atoms with Crippen LogP contribution in [0.4, 0.5) is 24.7 Å². The molecule has 1 fully saturated rings. The number of fused-ring (bicyclic) bond motifs is 3. The van der Waals surface area contributed by atoms with Crippen molar-refractivity contribution in [3.8, 4) is 0 Å². The number of hydrogen-bond donors (Lipinski definition) is 3. The molecule has 7 nitrogen and oxygen atoms in total. The third-order valence-corrected chi connectivity index (χ3v) is 8.33. The lowest BCUT2D eigenvalue weighted by Crippen LogP contribution is -2.47. The van der Waals surface area contributed by atoms with E-state index in [1.807, 2.05) is 0 Å². The van der Waals surface area contributed by atoms with Crippen LogP contribution in [-0.4, -0.2) is 58.7 Å². The van der Waals surface area contributed by atoms with Crippen molar-refractivity contribution in [2.24, 2.45) is 0 Å². The van der Waals surface area contributed by atoms with Crippen LogP contribution in [0.1, 0.15) is 67.2 Å². The summed E-state index contributed by atoms with van der Waals surface area (Å²) in [7, 11) is 1.60. The molecule has 5 rings (SSSR count). The van der Waals surface area contributed by atoms with Crippen LogP contribution in [-0.2, 0) is 23.5 Å². The Labute approximate surface area is 232 Å². The second kappa shape index (κ2) is 10.8. The predicted molar refractivity (Wildman–Crippen MR) is 149 cm³/mol. The number of rotatable bonds is 8. The molecule has 0 unspecified atom stereocenters. The van der Waals surface area contributed by atoms with Crippen LogP contribution in [0.25, 0.3) is 10.9 Å². The van der Waals surface area contributed by atoms with Gasteiger partial charge in [-0.15, -0.1) is 0 Å². The lowest BCUT2D eigenvalue weighted by Gasteiger charge is -2.39. The second-order valence-corrected chi connectivity index (χ2v) is 11.2. The fraction of sp³-hybridized carbons (Fsp3) is 0.533. The van der Waals surface area contributed by atoms with Crippen molar-refractivity contribution < 1.29 is 28.1 Å². The maximum atomic E-state index is 15.4. The fourth-order valence-corrected chi connectivity index (χ4v) is 6.08. The van der Waals surface area contributed by atoms with Gasteiger partial charge in [-0.1, -0.05) is 12.1 Å². The number of halogens is 3. The SMILES string of the molecule is COCC1(O)CCN(c2cc3c(N[C@H](C)c4cccc(C(F)(F)[C@H](C)O)c4F)nc(C)nc3c3c2CCC3)CC1. The average Bonchev–Trinajstić information content (AvgIpc) is 3.39. The van der Waals surface area contributed by atoms with Crippen LogP contribution in [0.2, 0.25) is 0 Å². The van der Waals surface area contributed by atoms with Gasteiger partial charge < -0.3 is 25.2 Å². The number of benzene rings is 2. The molecule has 10 heteroatoms. The molecule has 0 amide bonds. The van der Waals surface area contributed by atoms with Gasteiger partial charge in [-0.3, -0.25) is 0 Å². The summed E-state index contributed by atoms with van der Waals surface area (Å²) in [5, 5.41) is 24.5. The molecule has 0 saturated carbocycles. The normalized spacial score (nSPS) is 18.6. The number of alkyl halides is 2. The molecule has 1 aliphatic heterocycles. The van der Waals surface area contributed by atoms with Crippen LogP contribution < -0.4 is 10.2 Å². The smallest absolute Gasteiger partial charge is 0.301 e. The van der Waals surface area contributed by atoms with Crippen LogP contribution in [0, 0.1) is 12.7 Å². The van der Waals surface area contributed by atoms with Gasteiger partial charge in [-0.25, -0.2) is 14.4 Å². The Kier molecular flexibility index (Phi) is 7.71. The summed E-state index contributed by atoms with van der Waals surface area (Å²) in [5.41, 5.74) is 2.76. The monoisotopic (exact) mass is 558 g/mol. The standard InChI is InChI=1S/C30H37F3N4O3/c1-17(20-7-6-10-24(26(20)31)30(32,33)18(2)38)34-28-23-15-25(37-13-11-29(39,12-14-37)16-40-4)21-8-5-9-22(21)27(23)35-19(3)36-28/h6-7,10,15,17-18,38-39H,5,8-9,11-14,16H2,1-4H3,(H,34,35,36)/t17-,18+/m1/s1. The molecule has 2 atom stereocenters. The van der Waals surface area contributed by atoms with E-state index in [2.05, 4.69) is 21.3 Å². The fourth-order valence-electron chi connectivity index (χ4n) is 6.08. The van der Waals surface area contributed by atoms with E-state index in [4.69, 9.17) is 9.72 Å². The molecule has 0 radical (unpaired) electrons. The molecular formula is C30H37F3N4O3. The zero-order valence-electron chi connectivity index (χ0n) is 23.4. The van der Waals surface area contributed by atoms with Gasteiger partial charge in [-0.05, 0) is 76.1 Å². The van der Waals surface area contributed by atoms with Crippen LogP contribution >= 0.6 is 0 Å². The van der Waals surface area contributed by atoms with Crippen molar-refractivity contribution in [1.29, 1.82) is 0 Å². The Morgan fingerprint density at radius 2 is 1.85 bits per heavy atom. The number of piperidine rings is 1. The lowest BCUT2D eigenvalue weighted by molar-refractivity contribution is -0.108. The number of aryl methyl sites for hydroxylation is 2. The van der Waals surface area contributed by atoms with E-state index in [9.17, 15) is 19.0 Å². The summed E-state index contributed by atoms with van der Waals surface area (Å²) >= 11 is 0. The van der Waals surface area contributed by atoms with E-state index in [-0.39, 0.29) is 5.56 Å². The van der Waals surface area contributed by atoms with Crippen molar-refractivity contribution in [3.63, 3.8) is 0 Å². The van der Waals surface area contributed by atoms with Gasteiger partial charge in [0.2, 0.25) is 0 Å². The molecule has 2 aliphatic rings. The Morgan fingerprint density at radius 3 is 2.52 bits per heavy atom. The van der Waals surface area contributed by atoms with Gasteiger partial charge in [0, 0.05) is 36.8 Å². The molecule has 2 aromatic carbocycles. The number of aromatic nitrogens is 2. The van der Waals surface area contributed by atoms with Crippen LogP contribution in [0.3, 0.4) is 0 Å². The maximum Gasteiger partial charge on any atom is 0.301 e. The van der Waals surface area contributed by atoms with Gasteiger partial charge in [0.05, 0.1) is 29.3 Å². The molecule has 0 bridgehead atoms. The van der Waals surface area contributed by atoms with Gasteiger partial charge in [-0.2, -0.15) is 8.78 Å². The topological polar surface area (TPSA) is 90.7 Å². The Hall–Kier alpha value is -2.95. The molecule has 3 N–H and O–H groups in total. The zero-order chi connectivity index (χ0) is 28.8. The Balaban J connectivity index is 1.53. The first-order valence-electron chi connectivity index (χ1n) is 13.9. The summed E-state index contributed by atoms with van der Waals surface area (Å²) in [6.45, 7) is 6.10. The molecular weight excluding hydrogens is 521 g/mol. The number of ether oxygens (including phenoxy) is 1. The number of aliphatic hydroxyl groups is 2. The quantitative estimate of drug-likeness (QED) is 0.351. The van der Waals surface area contributed by atoms with E-state index in [0.717, 1.165) is 48.8 Å². The minimum Gasteiger partial charge on any atom is -0.387 e. The Bertz CT molecular complexity index is 1410. The first-order valence-corrected chi connectivity index (χ1v) is 13.9. The summed E-state index contributed by atoms with van der Waals surface area (Å²) in [4.78, 5) is 11.7. The highest BCUT2D eigenvalue weighted by Gasteiger charge is 2.41. The molecule has 2 heterocycles. The van der Waals surface area contributed by atoms with E-state index in [0.29, 0.717) is 44.2 Å². The van der Waals surface area contributed by atoms with Gasteiger partial charge in [0.25, 0.3) is 0 Å². The van der Waals surface area contributed by atoms with Crippen molar-refractivity contribution >= 4 is 22.4 Å². The highest BCUT2D eigenvalue weighted by molar-refractivity contribution is 5.96. The number of aliphatic hydroxyl groups excluding tert-OH is 1. The average molecular weight is 559 g/mol. The third kappa shape index (κ3) is 5.12. The summed E-state index contributed by atoms with van der Waals surface area (Å²) in [6, 6.07) is 5.21. The van der Waals surface area contributed by atoms with E-state index < -0.39 is 35.1 Å². The highest BCUT2D eigenvalue weighted by Crippen LogP contribution is 2.41. The summed E-state index contributed by atoms with van der Waals surface area (Å²) in [5.74, 6) is -3.72. The largest absolute Gasteiger partial charge is 0.387 e. The number of methoxy groups -OCH3 is 1. The van der Waals surface area contributed by atoms with E-state index in [1.54, 1.807) is 21.0 Å². The van der Waals surface area contributed by atoms with Crippen molar-refractivity contribution in [2.45, 2.75) is 76.5 Å². The van der Waals surface area contributed by atoms with Crippen LogP contribution in [0.15, 0.2) is 24.3 Å². The zero-order valence-corrected chi connectivity index (χ0v) is 23.4. The first kappa shape index (κ1) is 28.6. The molecule has 216 valence electrons. The van der Waals surface area contributed by atoms with Gasteiger partial charge in [0.1, 0.15) is 23.6 Å². The lowest BCUT2D eigenvalue weighted by atomic mass is 9.91. The minimum absolute atomic E-state index is 0.0529. The molecule has 1 saturated heterocycles. The van der Waals surface area contributed by atoms with Crippen LogP contribution in [0.5, 0.6) is 0 Å². The minimum atomic E-state index is -3.72. The van der Waals surface area contributed by atoms with Gasteiger partial charge in [0.15, 0.2) is 0 Å². The highest BCUT2D eigenvalue weighted by atomic mass is 19.3. The van der Waals surface area contributed by atoms with E-state index >= 15 is 4.39 Å². The molecule has 0 spiro atoms. The summed E-state index contributed by atoms with van der Waals surface area (Å²) in [6.07, 6.45) is 1.99. The van der Waals surface area contributed by atoms with Gasteiger partial charge >= 0.3 is 5.92 Å². The number of hydrogen-bond acceptors (Lipinski definition) is 7. The van der Waals surface area contributed by atoms with E-state index in [1.165, 1.54) is 23.3 Å². The molecule has 3 aromatic rings. The second-order valence-electron chi connectivity index (χ2n) is 11.2.